The summed E-state index contributed by atoms with van der Waals surface area (Å²) in [5.41, 5.74) is 0. The molecule has 0 heterocycles. The molecule has 0 aromatic carbocycles. The van der Waals surface area contributed by atoms with Crippen LogP contribution in [-0.4, -0.2) is 29.7 Å². The molecule has 3 heteroatoms. The molecule has 0 spiro atoms. The van der Waals surface area contributed by atoms with Crippen LogP contribution in [0.4, 0.5) is 0 Å². The Kier molecular flexibility index (Phi) is 6.34. The second-order valence-electron chi connectivity index (χ2n) is 6.76. The fourth-order valence-corrected chi connectivity index (χ4v) is 4.91. The molecule has 0 saturated heterocycles. The molecule has 2 radical (unpaired) electrons. The molecule has 2 aliphatic carbocycles. The SMILES string of the molecule is O=C(O)C1CCC(CCC2CCC([CH2][Ga])CC2)CC1. The van der Waals surface area contributed by atoms with Crippen LogP contribution in [0.5, 0.6) is 0 Å². The molecule has 19 heavy (non-hydrogen) atoms. The average molecular weight is 321 g/mol. The van der Waals surface area contributed by atoms with Crippen molar-refractivity contribution in [1.82, 2.24) is 0 Å². The molecular formula is C16H27GaO2. The maximum atomic E-state index is 10.9. The van der Waals surface area contributed by atoms with Crippen molar-refractivity contribution in [2.75, 3.05) is 0 Å². The average Bonchev–Trinajstić information content (AvgIpc) is 2.46. The van der Waals surface area contributed by atoms with Crippen molar-refractivity contribution in [2.24, 2.45) is 23.7 Å². The molecule has 106 valence electrons. The van der Waals surface area contributed by atoms with Gasteiger partial charge in [0.2, 0.25) is 0 Å². The maximum absolute atomic E-state index is 10.9. The van der Waals surface area contributed by atoms with Crippen LogP contribution in [0, 0.1) is 23.7 Å². The molecule has 2 fully saturated rings. The third-order valence-corrected chi connectivity index (χ3v) is 6.88. The van der Waals surface area contributed by atoms with Crippen LogP contribution in [0.2, 0.25) is 4.98 Å². The third kappa shape index (κ3) is 4.85. The zero-order chi connectivity index (χ0) is 13.7. The van der Waals surface area contributed by atoms with Gasteiger partial charge >= 0.3 is 117 Å². The van der Waals surface area contributed by atoms with Crippen molar-refractivity contribution in [3.63, 3.8) is 0 Å². The predicted octanol–water partition coefficient (Wildman–Crippen LogP) is 4.05. The van der Waals surface area contributed by atoms with Gasteiger partial charge in [0.15, 0.2) is 0 Å². The fraction of sp³-hybridized carbons (Fsp3) is 0.938. The molecule has 2 rings (SSSR count). The number of carbonyl (C=O) groups is 1. The van der Waals surface area contributed by atoms with Gasteiger partial charge in [0, 0.05) is 0 Å². The van der Waals surface area contributed by atoms with Gasteiger partial charge in [0.05, 0.1) is 0 Å². The molecule has 2 nitrogen and oxygen atoms in total. The van der Waals surface area contributed by atoms with Crippen molar-refractivity contribution in [2.45, 2.75) is 69.2 Å². The van der Waals surface area contributed by atoms with Crippen molar-refractivity contribution >= 4 is 24.6 Å². The van der Waals surface area contributed by atoms with Crippen LogP contribution in [-0.2, 0) is 4.79 Å². The van der Waals surface area contributed by atoms with Gasteiger partial charge in [-0.1, -0.05) is 0 Å². The molecular weight excluding hydrogens is 294 g/mol. The summed E-state index contributed by atoms with van der Waals surface area (Å²) in [6, 6.07) is 0. The number of hydrogen-bond donors (Lipinski definition) is 1. The van der Waals surface area contributed by atoms with E-state index in [2.05, 4.69) is 0 Å². The Balaban J connectivity index is 1.61. The van der Waals surface area contributed by atoms with Crippen LogP contribution in [0.15, 0.2) is 0 Å². The van der Waals surface area contributed by atoms with Crippen LogP contribution < -0.4 is 0 Å². The predicted molar refractivity (Wildman–Crippen MR) is 78.3 cm³/mol. The van der Waals surface area contributed by atoms with E-state index < -0.39 is 5.97 Å². The summed E-state index contributed by atoms with van der Waals surface area (Å²) >= 11 is 1.90. The summed E-state index contributed by atoms with van der Waals surface area (Å²) in [5, 5.41) is 9.01. The molecule has 0 aromatic rings. The minimum absolute atomic E-state index is 0.0434. The van der Waals surface area contributed by atoms with Gasteiger partial charge in [-0.3, -0.25) is 4.79 Å². The zero-order valence-electron chi connectivity index (χ0n) is 12.0. The number of carboxylic acid groups (broad SMARTS) is 1. The second-order valence-corrected chi connectivity index (χ2v) is 7.74. The second kappa shape index (κ2) is 7.77. The summed E-state index contributed by atoms with van der Waals surface area (Å²) in [7, 11) is 0. The van der Waals surface area contributed by atoms with Gasteiger partial charge in [-0.15, -0.1) is 0 Å². The molecule has 0 amide bonds. The number of hydrogen-bond acceptors (Lipinski definition) is 1. The first-order valence-electron chi connectivity index (χ1n) is 8.12. The Hall–Kier alpha value is 0.106. The van der Waals surface area contributed by atoms with E-state index in [4.69, 9.17) is 5.11 Å². The van der Waals surface area contributed by atoms with Gasteiger partial charge in [-0.05, 0) is 0 Å². The Morgan fingerprint density at radius 2 is 1.26 bits per heavy atom. The van der Waals surface area contributed by atoms with Crippen LogP contribution in [0.3, 0.4) is 0 Å². The molecule has 0 unspecified atom stereocenters. The van der Waals surface area contributed by atoms with Crippen LogP contribution >= 0.6 is 0 Å². The molecule has 0 atom stereocenters. The van der Waals surface area contributed by atoms with Crippen molar-refractivity contribution in [3.8, 4) is 0 Å². The van der Waals surface area contributed by atoms with E-state index in [1.54, 1.807) is 0 Å². The number of rotatable bonds is 5. The monoisotopic (exact) mass is 320 g/mol. The molecule has 2 saturated carbocycles. The summed E-state index contributed by atoms with van der Waals surface area (Å²) in [6.07, 6.45) is 12.8. The minimum atomic E-state index is -0.571. The quantitative estimate of drug-likeness (QED) is 0.776. The normalized spacial score (nSPS) is 36.0. The summed E-state index contributed by atoms with van der Waals surface area (Å²) in [6.45, 7) is 0. The summed E-state index contributed by atoms with van der Waals surface area (Å²) in [5.74, 6) is 2.22. The van der Waals surface area contributed by atoms with Crippen molar-refractivity contribution in [3.05, 3.63) is 0 Å². The Morgan fingerprint density at radius 1 is 0.842 bits per heavy atom. The van der Waals surface area contributed by atoms with E-state index in [1.165, 1.54) is 43.5 Å². The third-order valence-electron chi connectivity index (χ3n) is 5.48. The van der Waals surface area contributed by atoms with E-state index in [9.17, 15) is 4.79 Å². The summed E-state index contributed by atoms with van der Waals surface area (Å²) < 4.78 is 0. The molecule has 1 N–H and O–H groups in total. The molecule has 0 aliphatic heterocycles. The van der Waals surface area contributed by atoms with Gasteiger partial charge in [0.1, 0.15) is 0 Å². The Morgan fingerprint density at radius 3 is 1.68 bits per heavy atom. The van der Waals surface area contributed by atoms with E-state index in [0.29, 0.717) is 0 Å². The van der Waals surface area contributed by atoms with Gasteiger partial charge in [0.25, 0.3) is 0 Å². The van der Waals surface area contributed by atoms with Gasteiger partial charge in [-0.2, -0.15) is 0 Å². The molecule has 0 aromatic heterocycles. The molecule has 2 aliphatic rings. The molecule has 0 bridgehead atoms. The topological polar surface area (TPSA) is 37.3 Å². The Labute approximate surface area is 127 Å². The van der Waals surface area contributed by atoms with Crippen LogP contribution in [0.1, 0.15) is 64.2 Å². The first kappa shape index (κ1) is 15.5. The van der Waals surface area contributed by atoms with Crippen molar-refractivity contribution < 1.29 is 9.90 Å². The first-order chi connectivity index (χ1) is 9.19. The van der Waals surface area contributed by atoms with E-state index in [-0.39, 0.29) is 5.92 Å². The standard InChI is InChI=1S/C16H27O2.Ga/c1-12-2-4-13(5-3-12)6-7-14-8-10-15(11-9-14)16(17)18;/h12-15H,1-11H2,(H,17,18);. The zero-order valence-corrected chi connectivity index (χ0v) is 14.4. The van der Waals surface area contributed by atoms with E-state index >= 15 is 0 Å². The number of aliphatic carboxylic acids is 1. The summed E-state index contributed by atoms with van der Waals surface area (Å²) in [4.78, 5) is 12.4. The fourth-order valence-electron chi connectivity index (χ4n) is 3.93. The Bertz CT molecular complexity index is 276. The van der Waals surface area contributed by atoms with E-state index in [1.807, 2.05) is 18.6 Å². The van der Waals surface area contributed by atoms with Gasteiger partial charge < -0.3 is 5.11 Å². The van der Waals surface area contributed by atoms with E-state index in [0.717, 1.165) is 43.4 Å². The number of carboxylic acids is 1. The van der Waals surface area contributed by atoms with Gasteiger partial charge in [-0.25, -0.2) is 0 Å². The van der Waals surface area contributed by atoms with Crippen LogP contribution in [0.25, 0.3) is 0 Å². The first-order valence-corrected chi connectivity index (χ1v) is 9.83. The van der Waals surface area contributed by atoms with Crippen molar-refractivity contribution in [1.29, 1.82) is 0 Å².